The molecule has 2 aromatic heterocycles. The minimum atomic E-state index is -0.220. The molecule has 2 heterocycles. The summed E-state index contributed by atoms with van der Waals surface area (Å²) in [4.78, 5) is 20.9. The quantitative estimate of drug-likeness (QED) is 0.526. The summed E-state index contributed by atoms with van der Waals surface area (Å²) in [5.74, 6) is 0.420. The zero-order valence-corrected chi connectivity index (χ0v) is 4.98. The zero-order valence-electron chi connectivity index (χ0n) is 4.98. The number of rotatable bonds is 0. The Morgan fingerprint density at radius 2 is 2.40 bits per heavy atom. The molecule has 2 rings (SSSR count). The van der Waals surface area contributed by atoms with Gasteiger partial charge in [-0.3, -0.25) is 4.98 Å². The largest absolute Gasteiger partial charge is 0.333 e. The Bertz CT molecular complexity index is 401. The maximum Gasteiger partial charge on any atom is 0.333 e. The predicted molar refractivity (Wildman–Crippen MR) is 33.6 cm³/mol. The lowest BCUT2D eigenvalue weighted by atomic mass is 10.9. The van der Waals surface area contributed by atoms with Crippen molar-refractivity contribution in [2.45, 2.75) is 0 Å². The van der Waals surface area contributed by atoms with Gasteiger partial charge in [0.15, 0.2) is 0 Å². The van der Waals surface area contributed by atoms with Crippen LogP contribution in [0, 0.1) is 0 Å². The number of imidazole rings is 1. The van der Waals surface area contributed by atoms with E-state index in [9.17, 15) is 4.79 Å². The molecular formula is C5H4N4O. The molecule has 0 fully saturated rings. The van der Waals surface area contributed by atoms with Crippen LogP contribution >= 0.6 is 0 Å². The first-order valence-corrected chi connectivity index (χ1v) is 2.75. The summed E-state index contributed by atoms with van der Waals surface area (Å²) in [5.41, 5.74) is -0.220. The molecule has 1 N–H and O–H groups in total. The molecule has 0 unspecified atom stereocenters. The standard InChI is InChI=1S/C5H4N4O/c10-5-8-3-7-4-6-1-2-9(4)5/h1-3H,(H,6,7,8,10). The van der Waals surface area contributed by atoms with E-state index in [1.54, 1.807) is 6.20 Å². The maximum absolute atomic E-state index is 10.9. The number of nitrogens with zero attached hydrogens (tertiary/aromatic N) is 3. The van der Waals surface area contributed by atoms with E-state index >= 15 is 0 Å². The molecule has 0 bridgehead atoms. The SMILES string of the molecule is O=c1[nH]cnc2nccn12. The molecule has 0 radical (unpaired) electrons. The topological polar surface area (TPSA) is 63.0 Å². The van der Waals surface area contributed by atoms with Crippen LogP contribution in [0.4, 0.5) is 0 Å². The van der Waals surface area contributed by atoms with Gasteiger partial charge >= 0.3 is 5.69 Å². The highest BCUT2D eigenvalue weighted by Crippen LogP contribution is 1.85. The molecule has 5 nitrogen and oxygen atoms in total. The molecule has 0 aliphatic carbocycles. The fourth-order valence-electron chi connectivity index (χ4n) is 0.764. The van der Waals surface area contributed by atoms with Crippen molar-refractivity contribution in [3.05, 3.63) is 29.2 Å². The van der Waals surface area contributed by atoms with Crippen molar-refractivity contribution in [1.29, 1.82) is 0 Å². The van der Waals surface area contributed by atoms with Gasteiger partial charge in [0, 0.05) is 12.4 Å². The monoisotopic (exact) mass is 136 g/mol. The van der Waals surface area contributed by atoms with Crippen molar-refractivity contribution >= 4 is 5.78 Å². The summed E-state index contributed by atoms with van der Waals surface area (Å²) >= 11 is 0. The highest BCUT2D eigenvalue weighted by Gasteiger charge is 1.94. The second kappa shape index (κ2) is 1.66. The maximum atomic E-state index is 10.9. The molecule has 0 amide bonds. The van der Waals surface area contributed by atoms with E-state index < -0.39 is 0 Å². The Labute approximate surface area is 55.4 Å². The van der Waals surface area contributed by atoms with Crippen LogP contribution in [-0.2, 0) is 0 Å². The zero-order chi connectivity index (χ0) is 6.97. The number of aromatic amines is 1. The van der Waals surface area contributed by atoms with E-state index in [-0.39, 0.29) is 5.69 Å². The fraction of sp³-hybridized carbons (Fsp3) is 0. The molecule has 0 aliphatic heterocycles. The summed E-state index contributed by atoms with van der Waals surface area (Å²) in [6.45, 7) is 0. The van der Waals surface area contributed by atoms with Crippen molar-refractivity contribution in [3.8, 4) is 0 Å². The van der Waals surface area contributed by atoms with Gasteiger partial charge in [0.05, 0.1) is 0 Å². The van der Waals surface area contributed by atoms with Crippen LogP contribution in [0.5, 0.6) is 0 Å². The predicted octanol–water partition coefficient (Wildman–Crippen LogP) is -0.582. The van der Waals surface area contributed by atoms with Gasteiger partial charge in [0.1, 0.15) is 6.33 Å². The van der Waals surface area contributed by atoms with Crippen LogP contribution in [-0.4, -0.2) is 19.4 Å². The van der Waals surface area contributed by atoms with Crippen LogP contribution in [0.3, 0.4) is 0 Å². The summed E-state index contributed by atoms with van der Waals surface area (Å²) in [5, 5.41) is 0. The van der Waals surface area contributed by atoms with E-state index in [2.05, 4.69) is 15.0 Å². The minimum Gasteiger partial charge on any atom is -0.298 e. The number of hydrogen-bond acceptors (Lipinski definition) is 3. The van der Waals surface area contributed by atoms with Crippen LogP contribution < -0.4 is 5.69 Å². The average Bonchev–Trinajstić information content (AvgIpc) is 2.36. The molecule has 0 atom stereocenters. The Kier molecular flexibility index (Phi) is 0.858. The lowest BCUT2D eigenvalue weighted by Crippen LogP contribution is -2.15. The van der Waals surface area contributed by atoms with Gasteiger partial charge in [-0.25, -0.2) is 19.2 Å². The first-order chi connectivity index (χ1) is 4.88. The lowest BCUT2D eigenvalue weighted by molar-refractivity contribution is 0.945. The van der Waals surface area contributed by atoms with E-state index in [1.165, 1.54) is 16.9 Å². The van der Waals surface area contributed by atoms with Crippen molar-refractivity contribution in [1.82, 2.24) is 19.4 Å². The van der Waals surface area contributed by atoms with Crippen LogP contribution in [0.2, 0.25) is 0 Å². The van der Waals surface area contributed by atoms with Gasteiger partial charge in [0.2, 0.25) is 5.78 Å². The van der Waals surface area contributed by atoms with Crippen LogP contribution in [0.25, 0.3) is 5.78 Å². The van der Waals surface area contributed by atoms with Gasteiger partial charge in [-0.1, -0.05) is 0 Å². The number of aromatic nitrogens is 4. The van der Waals surface area contributed by atoms with Gasteiger partial charge in [-0.2, -0.15) is 0 Å². The first kappa shape index (κ1) is 5.16. The van der Waals surface area contributed by atoms with Crippen LogP contribution in [0.15, 0.2) is 23.5 Å². The van der Waals surface area contributed by atoms with Crippen molar-refractivity contribution < 1.29 is 0 Å². The Morgan fingerprint density at radius 3 is 3.20 bits per heavy atom. The van der Waals surface area contributed by atoms with E-state index in [0.717, 1.165) is 0 Å². The van der Waals surface area contributed by atoms with E-state index in [1.807, 2.05) is 0 Å². The molecule has 0 spiro atoms. The number of nitrogens with one attached hydrogen (secondary N) is 1. The van der Waals surface area contributed by atoms with Gasteiger partial charge in [-0.05, 0) is 0 Å². The third-order valence-corrected chi connectivity index (χ3v) is 1.21. The highest BCUT2D eigenvalue weighted by molar-refractivity contribution is 5.23. The lowest BCUT2D eigenvalue weighted by Gasteiger charge is -1.85. The van der Waals surface area contributed by atoms with Gasteiger partial charge < -0.3 is 0 Å². The average molecular weight is 136 g/mol. The Morgan fingerprint density at radius 1 is 1.50 bits per heavy atom. The molecule has 2 aromatic rings. The summed E-state index contributed by atoms with van der Waals surface area (Å²) in [7, 11) is 0. The minimum absolute atomic E-state index is 0.220. The Hall–Kier alpha value is -1.65. The smallest absolute Gasteiger partial charge is 0.298 e. The third kappa shape index (κ3) is 0.540. The normalized spacial score (nSPS) is 10.4. The molecule has 10 heavy (non-hydrogen) atoms. The molecule has 0 aromatic carbocycles. The third-order valence-electron chi connectivity index (χ3n) is 1.21. The number of hydrogen-bond donors (Lipinski definition) is 1. The number of fused-ring (bicyclic) bond motifs is 1. The van der Waals surface area contributed by atoms with E-state index in [4.69, 9.17) is 0 Å². The molecule has 0 saturated heterocycles. The highest BCUT2D eigenvalue weighted by atomic mass is 16.1. The second-order valence-electron chi connectivity index (χ2n) is 1.80. The summed E-state index contributed by atoms with van der Waals surface area (Å²) in [6.07, 6.45) is 4.41. The summed E-state index contributed by atoms with van der Waals surface area (Å²) in [6, 6.07) is 0. The molecule has 50 valence electrons. The van der Waals surface area contributed by atoms with Crippen LogP contribution in [0.1, 0.15) is 0 Å². The molecule has 0 saturated carbocycles. The molecular weight excluding hydrogens is 132 g/mol. The van der Waals surface area contributed by atoms with Gasteiger partial charge in [-0.15, -0.1) is 0 Å². The second-order valence-corrected chi connectivity index (χ2v) is 1.80. The van der Waals surface area contributed by atoms with Crippen molar-refractivity contribution in [3.63, 3.8) is 0 Å². The molecule has 5 heteroatoms. The van der Waals surface area contributed by atoms with E-state index in [0.29, 0.717) is 5.78 Å². The van der Waals surface area contributed by atoms with Crippen molar-refractivity contribution in [2.75, 3.05) is 0 Å². The summed E-state index contributed by atoms with van der Waals surface area (Å²) < 4.78 is 1.33. The Balaban J connectivity index is 3.09. The van der Waals surface area contributed by atoms with Crippen molar-refractivity contribution in [2.24, 2.45) is 0 Å². The first-order valence-electron chi connectivity index (χ1n) is 2.75. The number of H-pyrrole nitrogens is 1. The molecule has 0 aliphatic rings. The van der Waals surface area contributed by atoms with Gasteiger partial charge in [0.25, 0.3) is 0 Å². The fourth-order valence-corrected chi connectivity index (χ4v) is 0.764.